The maximum absolute atomic E-state index is 12.4. The molecule has 0 saturated heterocycles. The second kappa shape index (κ2) is 38.2. The van der Waals surface area contributed by atoms with Crippen LogP contribution in [0.15, 0.2) is 0 Å². The van der Waals surface area contributed by atoms with Crippen LogP contribution in [0.4, 0.5) is 0 Å². The van der Waals surface area contributed by atoms with Crippen molar-refractivity contribution in [3.63, 3.8) is 0 Å². The third-order valence-corrected chi connectivity index (χ3v) is 10.2. The van der Waals surface area contributed by atoms with E-state index in [-0.39, 0.29) is 12.5 Å². The number of carbonyl (C=O) groups excluding carboxylic acids is 1. The Kier molecular flexibility index (Phi) is 37.6. The lowest BCUT2D eigenvalue weighted by Gasteiger charge is -2.26. The molecule has 0 rings (SSSR count). The predicted molar refractivity (Wildman–Crippen MR) is 204 cm³/mol. The van der Waals surface area contributed by atoms with E-state index in [1.54, 1.807) is 0 Å². The summed E-state index contributed by atoms with van der Waals surface area (Å²) >= 11 is 0. The van der Waals surface area contributed by atoms with Crippen molar-refractivity contribution in [1.82, 2.24) is 5.32 Å². The van der Waals surface area contributed by atoms with Crippen molar-refractivity contribution < 1.29 is 20.1 Å². The van der Waals surface area contributed by atoms with Gasteiger partial charge in [-0.05, 0) is 12.8 Å². The second-order valence-corrected chi connectivity index (χ2v) is 14.9. The molecule has 0 aromatic heterocycles. The smallest absolute Gasteiger partial charge is 0.220 e. The van der Waals surface area contributed by atoms with Gasteiger partial charge in [0.1, 0.15) is 6.10 Å². The van der Waals surface area contributed by atoms with E-state index in [1.165, 1.54) is 180 Å². The summed E-state index contributed by atoms with van der Waals surface area (Å²) in [7, 11) is 0. The van der Waals surface area contributed by atoms with E-state index < -0.39 is 18.2 Å². The van der Waals surface area contributed by atoms with Gasteiger partial charge in [-0.25, -0.2) is 0 Å². The summed E-state index contributed by atoms with van der Waals surface area (Å²) in [6.45, 7) is 4.18. The lowest BCUT2D eigenvalue weighted by atomic mass is 9.99. The number of aliphatic hydroxyl groups is 3. The largest absolute Gasteiger partial charge is 0.394 e. The molecule has 1 amide bonds. The van der Waals surface area contributed by atoms with Gasteiger partial charge in [-0.1, -0.05) is 219 Å². The van der Waals surface area contributed by atoms with Gasteiger partial charge in [-0.2, -0.15) is 0 Å². The Morgan fingerprint density at radius 1 is 0.447 bits per heavy atom. The summed E-state index contributed by atoms with van der Waals surface area (Å²) in [6, 6.07) is -0.801. The molecule has 0 unspecified atom stereocenters. The van der Waals surface area contributed by atoms with Crippen LogP contribution in [0, 0.1) is 0 Å². The van der Waals surface area contributed by atoms with E-state index >= 15 is 0 Å². The molecular weight excluding hydrogens is 582 g/mol. The van der Waals surface area contributed by atoms with Crippen LogP contribution in [0.2, 0.25) is 0 Å². The highest BCUT2D eigenvalue weighted by Gasteiger charge is 2.26. The lowest BCUT2D eigenvalue weighted by molar-refractivity contribution is -0.124. The maximum atomic E-state index is 12.4. The normalized spacial score (nSPS) is 13.6. The van der Waals surface area contributed by atoms with Crippen LogP contribution >= 0.6 is 0 Å². The van der Waals surface area contributed by atoms with E-state index in [9.17, 15) is 20.1 Å². The zero-order valence-corrected chi connectivity index (χ0v) is 31.9. The quantitative estimate of drug-likeness (QED) is 0.0491. The topological polar surface area (TPSA) is 89.8 Å². The third-order valence-electron chi connectivity index (χ3n) is 10.2. The van der Waals surface area contributed by atoms with E-state index in [0.29, 0.717) is 12.8 Å². The maximum Gasteiger partial charge on any atom is 0.220 e. The van der Waals surface area contributed by atoms with Gasteiger partial charge in [0.05, 0.1) is 18.8 Å². The first-order chi connectivity index (χ1) is 23.1. The Hall–Kier alpha value is -0.650. The molecular formula is C42H85NO4. The monoisotopic (exact) mass is 668 g/mol. The van der Waals surface area contributed by atoms with Gasteiger partial charge in [0, 0.05) is 6.42 Å². The summed E-state index contributed by atoms with van der Waals surface area (Å²) in [6.07, 6.45) is 42.1. The molecule has 0 aliphatic heterocycles. The molecule has 0 radical (unpaired) electrons. The molecule has 282 valence electrons. The number of aliphatic hydroxyl groups excluding tert-OH is 3. The number of hydrogen-bond acceptors (Lipinski definition) is 4. The Balaban J connectivity index is 3.56. The van der Waals surface area contributed by atoms with Gasteiger partial charge in [0.2, 0.25) is 5.91 Å². The standard InChI is InChI=1S/C42H85NO4/c1-3-5-7-9-11-13-15-17-18-19-20-21-22-23-24-25-27-29-31-33-35-37-41(46)43-39(38-44)42(47)40(45)36-34-32-30-28-26-16-14-12-10-8-6-4-2/h39-40,42,44-45,47H,3-38H2,1-2H3,(H,43,46)/t39-,40+,42-/m0/s1. The fourth-order valence-electron chi connectivity index (χ4n) is 6.87. The molecule has 0 saturated carbocycles. The van der Waals surface area contributed by atoms with Gasteiger partial charge in [-0.3, -0.25) is 4.79 Å². The van der Waals surface area contributed by atoms with Crippen molar-refractivity contribution in [2.45, 2.75) is 257 Å². The van der Waals surface area contributed by atoms with Crippen LogP contribution in [-0.4, -0.2) is 46.1 Å². The molecule has 4 N–H and O–H groups in total. The van der Waals surface area contributed by atoms with Crippen molar-refractivity contribution in [3.8, 4) is 0 Å². The van der Waals surface area contributed by atoms with E-state index in [0.717, 1.165) is 32.1 Å². The minimum atomic E-state index is -1.13. The highest BCUT2D eigenvalue weighted by atomic mass is 16.3. The summed E-state index contributed by atoms with van der Waals surface area (Å²) in [5, 5.41) is 33.4. The number of amides is 1. The van der Waals surface area contributed by atoms with Gasteiger partial charge in [0.25, 0.3) is 0 Å². The molecule has 5 nitrogen and oxygen atoms in total. The van der Waals surface area contributed by atoms with E-state index in [2.05, 4.69) is 19.2 Å². The summed E-state index contributed by atoms with van der Waals surface area (Å²) in [5.41, 5.74) is 0. The number of rotatable bonds is 39. The van der Waals surface area contributed by atoms with Gasteiger partial charge >= 0.3 is 0 Å². The zero-order chi connectivity index (χ0) is 34.5. The van der Waals surface area contributed by atoms with Crippen LogP contribution in [0.3, 0.4) is 0 Å². The van der Waals surface area contributed by atoms with Crippen molar-refractivity contribution in [2.75, 3.05) is 6.61 Å². The summed E-state index contributed by atoms with van der Waals surface area (Å²) < 4.78 is 0. The van der Waals surface area contributed by atoms with Gasteiger partial charge in [0.15, 0.2) is 0 Å². The first-order valence-electron chi connectivity index (χ1n) is 21.3. The van der Waals surface area contributed by atoms with Crippen LogP contribution in [0.5, 0.6) is 0 Å². The molecule has 0 aromatic carbocycles. The Labute approximate surface area is 294 Å². The molecule has 47 heavy (non-hydrogen) atoms. The fourth-order valence-corrected chi connectivity index (χ4v) is 6.87. The molecule has 0 heterocycles. The lowest BCUT2D eigenvalue weighted by Crippen LogP contribution is -2.50. The highest BCUT2D eigenvalue weighted by molar-refractivity contribution is 5.76. The Morgan fingerprint density at radius 3 is 1.02 bits per heavy atom. The van der Waals surface area contributed by atoms with Crippen molar-refractivity contribution in [1.29, 1.82) is 0 Å². The highest BCUT2D eigenvalue weighted by Crippen LogP contribution is 2.17. The van der Waals surface area contributed by atoms with E-state index in [4.69, 9.17) is 0 Å². The van der Waals surface area contributed by atoms with Crippen LogP contribution in [0.25, 0.3) is 0 Å². The third kappa shape index (κ3) is 33.6. The van der Waals surface area contributed by atoms with Crippen LogP contribution < -0.4 is 5.32 Å². The van der Waals surface area contributed by atoms with Gasteiger partial charge < -0.3 is 20.6 Å². The molecule has 0 fully saturated rings. The average Bonchev–Trinajstić information content (AvgIpc) is 3.07. The first-order valence-corrected chi connectivity index (χ1v) is 21.3. The second-order valence-electron chi connectivity index (χ2n) is 14.9. The van der Waals surface area contributed by atoms with Crippen molar-refractivity contribution >= 4 is 5.91 Å². The predicted octanol–water partition coefficient (Wildman–Crippen LogP) is 11.9. The molecule has 3 atom stereocenters. The molecule has 0 bridgehead atoms. The minimum Gasteiger partial charge on any atom is -0.394 e. The molecule has 0 aliphatic carbocycles. The number of carbonyl (C=O) groups is 1. The molecule has 0 aromatic rings. The first kappa shape index (κ1) is 46.4. The summed E-state index contributed by atoms with van der Waals surface area (Å²) in [5.74, 6) is -0.140. The van der Waals surface area contributed by atoms with Crippen LogP contribution in [-0.2, 0) is 4.79 Å². The SMILES string of the molecule is CCCCCCCCCCCCCCCCCCCCCCCC(=O)N[C@@H](CO)[C@H](O)[C@H](O)CCCCCCCCCCCCCC. The fraction of sp³-hybridized carbons (Fsp3) is 0.976. The molecule has 0 aliphatic rings. The number of unbranched alkanes of at least 4 members (excludes halogenated alkanes) is 31. The Morgan fingerprint density at radius 2 is 0.723 bits per heavy atom. The zero-order valence-electron chi connectivity index (χ0n) is 31.9. The molecule has 5 heteroatoms. The van der Waals surface area contributed by atoms with Crippen molar-refractivity contribution in [2.24, 2.45) is 0 Å². The van der Waals surface area contributed by atoms with Crippen molar-refractivity contribution in [3.05, 3.63) is 0 Å². The van der Waals surface area contributed by atoms with Crippen LogP contribution in [0.1, 0.15) is 239 Å². The molecule has 0 spiro atoms. The summed E-state index contributed by atoms with van der Waals surface area (Å²) in [4.78, 5) is 12.4. The number of nitrogens with one attached hydrogen (secondary N) is 1. The Bertz CT molecular complexity index is 615. The average molecular weight is 668 g/mol. The minimum absolute atomic E-state index is 0.140. The van der Waals surface area contributed by atoms with Gasteiger partial charge in [-0.15, -0.1) is 0 Å². The van der Waals surface area contributed by atoms with E-state index in [1.807, 2.05) is 0 Å². The number of hydrogen-bond donors (Lipinski definition) is 4.